The second-order valence-electron chi connectivity index (χ2n) is 3.48. The molecule has 2 N–H and O–H groups in total. The van der Waals surface area contributed by atoms with Crippen molar-refractivity contribution >= 4 is 32.6 Å². The maximum Gasteiger partial charge on any atom is 0.314 e. The zero-order chi connectivity index (χ0) is 11.3. The van der Waals surface area contributed by atoms with Crippen LogP contribution < -0.4 is 11.1 Å². The maximum absolute atomic E-state index is 11.3. The van der Waals surface area contributed by atoms with Crippen LogP contribution in [-0.2, 0) is 0 Å². The van der Waals surface area contributed by atoms with Crippen molar-refractivity contribution in [1.82, 2.24) is 15.0 Å². The summed E-state index contributed by atoms with van der Waals surface area (Å²) in [5, 5.41) is 0.926. The molecule has 0 saturated carbocycles. The van der Waals surface area contributed by atoms with Gasteiger partial charge in [-0.3, -0.25) is 9.59 Å². The monoisotopic (exact) mass is 233 g/mol. The van der Waals surface area contributed by atoms with E-state index in [1.54, 1.807) is 17.4 Å². The molecular formula is C10H7N3O2S. The number of aryl methyl sites for hydroxylation is 1. The number of benzene rings is 1. The van der Waals surface area contributed by atoms with E-state index < -0.39 is 11.1 Å². The van der Waals surface area contributed by atoms with E-state index >= 15 is 0 Å². The van der Waals surface area contributed by atoms with Crippen molar-refractivity contribution in [3.05, 3.63) is 37.8 Å². The summed E-state index contributed by atoms with van der Waals surface area (Å²) < 4.78 is 0.993. The molecule has 0 saturated heterocycles. The quantitative estimate of drug-likeness (QED) is 0.571. The van der Waals surface area contributed by atoms with Crippen molar-refractivity contribution in [2.45, 2.75) is 6.92 Å². The van der Waals surface area contributed by atoms with Gasteiger partial charge in [-0.15, -0.1) is 11.3 Å². The van der Waals surface area contributed by atoms with Gasteiger partial charge in [0.25, 0.3) is 0 Å². The molecule has 0 unspecified atom stereocenters. The van der Waals surface area contributed by atoms with Crippen molar-refractivity contribution in [2.75, 3.05) is 0 Å². The Morgan fingerprint density at radius 1 is 1.19 bits per heavy atom. The molecule has 3 rings (SSSR count). The number of aromatic amines is 2. The smallest absolute Gasteiger partial charge is 0.314 e. The lowest BCUT2D eigenvalue weighted by atomic mass is 10.3. The van der Waals surface area contributed by atoms with Crippen LogP contribution >= 0.6 is 11.3 Å². The number of aromatic nitrogens is 3. The Kier molecular flexibility index (Phi) is 1.75. The average Bonchev–Trinajstić information content (AvgIpc) is 2.61. The van der Waals surface area contributed by atoms with E-state index in [2.05, 4.69) is 15.0 Å². The number of hydrogen-bond acceptors (Lipinski definition) is 4. The lowest BCUT2D eigenvalue weighted by Gasteiger charge is -1.96. The third kappa shape index (κ3) is 1.20. The minimum absolute atomic E-state index is 0.589. The SMILES string of the molecule is Cc1nc2c(ccc3[nH]c(=O)c(=O)[nH]c32)s1. The van der Waals surface area contributed by atoms with Gasteiger partial charge in [0, 0.05) is 0 Å². The molecular weight excluding hydrogens is 226 g/mol. The van der Waals surface area contributed by atoms with Gasteiger partial charge in [-0.1, -0.05) is 0 Å². The summed E-state index contributed by atoms with van der Waals surface area (Å²) in [6, 6.07) is 3.66. The number of fused-ring (bicyclic) bond motifs is 3. The third-order valence-corrected chi connectivity index (χ3v) is 3.30. The molecule has 3 aromatic rings. The molecule has 0 bridgehead atoms. The van der Waals surface area contributed by atoms with E-state index in [0.29, 0.717) is 11.0 Å². The fourth-order valence-electron chi connectivity index (χ4n) is 1.68. The standard InChI is InChI=1S/C10H7N3O2S/c1-4-11-8-6(16-4)3-2-5-7(8)13-10(15)9(14)12-5/h2-3H,1H3,(H,12,14)(H,13,15). The highest BCUT2D eigenvalue weighted by molar-refractivity contribution is 7.18. The number of thiazole rings is 1. The highest BCUT2D eigenvalue weighted by Gasteiger charge is 2.07. The molecule has 0 atom stereocenters. The lowest BCUT2D eigenvalue weighted by Crippen LogP contribution is -2.28. The first-order valence-corrected chi connectivity index (χ1v) is 5.49. The summed E-state index contributed by atoms with van der Waals surface area (Å²) in [4.78, 5) is 31.8. The van der Waals surface area contributed by atoms with Crippen molar-refractivity contribution in [2.24, 2.45) is 0 Å². The van der Waals surface area contributed by atoms with E-state index in [-0.39, 0.29) is 0 Å². The minimum Gasteiger partial charge on any atom is -0.316 e. The molecule has 0 fully saturated rings. The Labute approximate surface area is 92.8 Å². The molecule has 1 aromatic carbocycles. The van der Waals surface area contributed by atoms with Gasteiger partial charge in [-0.05, 0) is 19.1 Å². The zero-order valence-corrected chi connectivity index (χ0v) is 9.14. The third-order valence-electron chi connectivity index (χ3n) is 2.36. The van der Waals surface area contributed by atoms with Gasteiger partial charge >= 0.3 is 11.1 Å². The van der Waals surface area contributed by atoms with Gasteiger partial charge in [-0.25, -0.2) is 4.98 Å². The van der Waals surface area contributed by atoms with Gasteiger partial charge in [0.05, 0.1) is 20.7 Å². The molecule has 0 amide bonds. The Bertz CT molecular complexity index is 812. The van der Waals surface area contributed by atoms with Crippen LogP contribution in [0.1, 0.15) is 5.01 Å². The largest absolute Gasteiger partial charge is 0.316 e. The molecule has 16 heavy (non-hydrogen) atoms. The van der Waals surface area contributed by atoms with Crippen LogP contribution in [0.15, 0.2) is 21.7 Å². The lowest BCUT2D eigenvalue weighted by molar-refractivity contribution is 1.15. The molecule has 80 valence electrons. The van der Waals surface area contributed by atoms with Crippen LogP contribution in [0.25, 0.3) is 21.3 Å². The van der Waals surface area contributed by atoms with Crippen molar-refractivity contribution < 1.29 is 0 Å². The normalized spacial score (nSPS) is 11.3. The minimum atomic E-state index is -0.648. The van der Waals surface area contributed by atoms with Crippen LogP contribution in [0.5, 0.6) is 0 Å². The van der Waals surface area contributed by atoms with E-state index in [1.165, 1.54) is 0 Å². The van der Waals surface area contributed by atoms with Gasteiger partial charge < -0.3 is 9.97 Å². The molecule has 0 aliphatic heterocycles. The first kappa shape index (κ1) is 9.29. The fourth-order valence-corrected chi connectivity index (χ4v) is 2.52. The van der Waals surface area contributed by atoms with E-state index in [4.69, 9.17) is 0 Å². The van der Waals surface area contributed by atoms with Crippen molar-refractivity contribution in [3.8, 4) is 0 Å². The highest BCUT2D eigenvalue weighted by Crippen LogP contribution is 2.25. The number of nitrogens with zero attached hydrogens (tertiary/aromatic N) is 1. The molecule has 6 heteroatoms. The van der Waals surface area contributed by atoms with E-state index in [9.17, 15) is 9.59 Å². The summed E-state index contributed by atoms with van der Waals surface area (Å²) in [7, 11) is 0. The topological polar surface area (TPSA) is 78.6 Å². The predicted octanol–water partition coefficient (Wildman–Crippen LogP) is 1.13. The van der Waals surface area contributed by atoms with Crippen LogP contribution in [0.2, 0.25) is 0 Å². The molecule has 2 heterocycles. The molecule has 0 spiro atoms. The molecule has 2 aromatic heterocycles. The molecule has 5 nitrogen and oxygen atoms in total. The number of rotatable bonds is 0. The van der Waals surface area contributed by atoms with Crippen LogP contribution in [0.4, 0.5) is 0 Å². The summed E-state index contributed by atoms with van der Waals surface area (Å²) in [5.41, 5.74) is 0.631. The summed E-state index contributed by atoms with van der Waals surface area (Å²) in [6.07, 6.45) is 0. The molecule has 0 radical (unpaired) electrons. The van der Waals surface area contributed by atoms with Crippen molar-refractivity contribution in [1.29, 1.82) is 0 Å². The number of H-pyrrole nitrogens is 2. The first-order chi connectivity index (χ1) is 7.65. The predicted molar refractivity (Wildman–Crippen MR) is 63.1 cm³/mol. The maximum atomic E-state index is 11.3. The number of nitrogens with one attached hydrogen (secondary N) is 2. The van der Waals surface area contributed by atoms with E-state index in [0.717, 1.165) is 15.2 Å². The first-order valence-electron chi connectivity index (χ1n) is 4.67. The van der Waals surface area contributed by atoms with Crippen molar-refractivity contribution in [3.63, 3.8) is 0 Å². The number of hydrogen-bond donors (Lipinski definition) is 2. The Balaban J connectivity index is 2.64. The van der Waals surface area contributed by atoms with E-state index in [1.807, 2.05) is 13.0 Å². The Morgan fingerprint density at radius 3 is 2.75 bits per heavy atom. The average molecular weight is 233 g/mol. The summed E-state index contributed by atoms with van der Waals surface area (Å²) >= 11 is 1.55. The summed E-state index contributed by atoms with van der Waals surface area (Å²) in [6.45, 7) is 1.90. The highest BCUT2D eigenvalue weighted by atomic mass is 32.1. The zero-order valence-electron chi connectivity index (χ0n) is 8.33. The van der Waals surface area contributed by atoms with Crippen LogP contribution in [0, 0.1) is 6.92 Å². The summed E-state index contributed by atoms with van der Waals surface area (Å²) in [5.74, 6) is 0. The Morgan fingerprint density at radius 2 is 1.94 bits per heavy atom. The van der Waals surface area contributed by atoms with Gasteiger partial charge in [0.15, 0.2) is 0 Å². The second-order valence-corrected chi connectivity index (χ2v) is 4.71. The van der Waals surface area contributed by atoms with Gasteiger partial charge in [-0.2, -0.15) is 0 Å². The molecule has 0 aliphatic rings. The van der Waals surface area contributed by atoms with Gasteiger partial charge in [0.2, 0.25) is 0 Å². The molecule has 0 aliphatic carbocycles. The van der Waals surface area contributed by atoms with Crippen LogP contribution in [0.3, 0.4) is 0 Å². The Hall–Kier alpha value is -1.95. The second kappa shape index (κ2) is 3.02. The fraction of sp³-hybridized carbons (Fsp3) is 0.100. The van der Waals surface area contributed by atoms with Crippen LogP contribution in [-0.4, -0.2) is 15.0 Å². The van der Waals surface area contributed by atoms with Gasteiger partial charge in [0.1, 0.15) is 5.52 Å².